The maximum absolute atomic E-state index is 13.7. The second-order valence-electron chi connectivity index (χ2n) is 6.83. The number of carbonyl (C=O) groups excluding carboxylic acids is 1. The summed E-state index contributed by atoms with van der Waals surface area (Å²) in [5.41, 5.74) is 1.18. The van der Waals surface area contributed by atoms with E-state index in [-0.39, 0.29) is 23.4 Å². The Labute approximate surface area is 164 Å². The minimum atomic E-state index is -3.72. The normalized spacial score (nSPS) is 12.8. The van der Waals surface area contributed by atoms with E-state index in [1.165, 1.54) is 18.2 Å². The maximum atomic E-state index is 13.7. The summed E-state index contributed by atoms with van der Waals surface area (Å²) in [6, 6.07) is 9.01. The Morgan fingerprint density at radius 3 is 2.25 bits per heavy atom. The Balaban J connectivity index is 1.88. The summed E-state index contributed by atoms with van der Waals surface area (Å²) >= 11 is 0. The van der Waals surface area contributed by atoms with Crippen molar-refractivity contribution in [2.45, 2.75) is 44.0 Å². The Morgan fingerprint density at radius 1 is 1.04 bits per heavy atom. The fourth-order valence-corrected chi connectivity index (χ4v) is 3.69. The number of hydrogen-bond acceptors (Lipinski definition) is 3. The van der Waals surface area contributed by atoms with Crippen LogP contribution in [0.3, 0.4) is 0 Å². The summed E-state index contributed by atoms with van der Waals surface area (Å²) in [7, 11) is -3.72. The highest BCUT2D eigenvalue weighted by atomic mass is 32.2. The van der Waals surface area contributed by atoms with Gasteiger partial charge in [0.2, 0.25) is 15.9 Å². The summed E-state index contributed by atoms with van der Waals surface area (Å²) < 4.78 is 53.7. The third-order valence-corrected chi connectivity index (χ3v) is 5.78. The lowest BCUT2D eigenvalue weighted by molar-refractivity contribution is -0.121. The number of carbonyl (C=O) groups is 1. The van der Waals surface area contributed by atoms with Crippen molar-refractivity contribution in [3.8, 4) is 0 Å². The molecular formula is C20H24F2N2O3S. The van der Waals surface area contributed by atoms with Crippen LogP contribution >= 0.6 is 0 Å². The summed E-state index contributed by atoms with van der Waals surface area (Å²) in [4.78, 5) is 12.1. The standard InChI is InChI=1S/C20H24F2N2O3S/c1-13(2)15-4-7-17(8-5-15)28(26,27)23-11-10-20(25)24-14(3)18-9-6-16(21)12-19(18)22/h4-9,12-14,23H,10-11H2,1-3H3,(H,24,25). The van der Waals surface area contributed by atoms with E-state index in [1.54, 1.807) is 19.1 Å². The number of halogens is 2. The molecule has 0 aliphatic rings. The molecule has 5 nitrogen and oxygen atoms in total. The molecule has 0 bridgehead atoms. The van der Waals surface area contributed by atoms with Gasteiger partial charge in [0.1, 0.15) is 11.6 Å². The average molecular weight is 410 g/mol. The highest BCUT2D eigenvalue weighted by Gasteiger charge is 2.17. The van der Waals surface area contributed by atoms with Crippen LogP contribution in [0, 0.1) is 11.6 Å². The number of sulfonamides is 1. The van der Waals surface area contributed by atoms with Crippen molar-refractivity contribution in [2.75, 3.05) is 6.54 Å². The molecule has 0 aliphatic carbocycles. The molecule has 0 spiro atoms. The van der Waals surface area contributed by atoms with Crippen LogP contribution in [-0.2, 0) is 14.8 Å². The Bertz CT molecular complexity index is 929. The number of nitrogens with one attached hydrogen (secondary N) is 2. The van der Waals surface area contributed by atoms with Crippen LogP contribution in [0.2, 0.25) is 0 Å². The van der Waals surface area contributed by atoms with Gasteiger partial charge in [-0.05, 0) is 36.6 Å². The molecule has 0 saturated carbocycles. The van der Waals surface area contributed by atoms with E-state index in [0.29, 0.717) is 5.92 Å². The molecule has 152 valence electrons. The number of hydrogen-bond donors (Lipinski definition) is 2. The van der Waals surface area contributed by atoms with Gasteiger partial charge in [-0.25, -0.2) is 21.9 Å². The topological polar surface area (TPSA) is 75.3 Å². The van der Waals surface area contributed by atoms with Crippen LogP contribution in [0.15, 0.2) is 47.4 Å². The van der Waals surface area contributed by atoms with Crippen molar-refractivity contribution in [2.24, 2.45) is 0 Å². The molecule has 28 heavy (non-hydrogen) atoms. The zero-order valence-electron chi connectivity index (χ0n) is 16.0. The smallest absolute Gasteiger partial charge is 0.240 e. The van der Waals surface area contributed by atoms with E-state index >= 15 is 0 Å². The Morgan fingerprint density at radius 2 is 1.68 bits per heavy atom. The minimum absolute atomic E-state index is 0.0985. The van der Waals surface area contributed by atoms with Crippen molar-refractivity contribution in [3.05, 3.63) is 65.2 Å². The Kier molecular flexibility index (Phi) is 7.26. The largest absolute Gasteiger partial charge is 0.349 e. The van der Waals surface area contributed by atoms with Gasteiger partial charge in [0.05, 0.1) is 10.9 Å². The van der Waals surface area contributed by atoms with Crippen LogP contribution in [0.25, 0.3) is 0 Å². The number of amides is 1. The molecule has 1 unspecified atom stereocenters. The SMILES string of the molecule is CC(C)c1ccc(S(=O)(=O)NCCC(=O)NC(C)c2ccc(F)cc2F)cc1. The zero-order valence-corrected chi connectivity index (χ0v) is 16.8. The van der Waals surface area contributed by atoms with Crippen LogP contribution in [0.5, 0.6) is 0 Å². The van der Waals surface area contributed by atoms with Crippen molar-refractivity contribution in [3.63, 3.8) is 0 Å². The molecule has 0 fully saturated rings. The van der Waals surface area contributed by atoms with Gasteiger partial charge in [-0.1, -0.05) is 32.0 Å². The second-order valence-corrected chi connectivity index (χ2v) is 8.59. The van der Waals surface area contributed by atoms with Gasteiger partial charge in [-0.2, -0.15) is 0 Å². The van der Waals surface area contributed by atoms with Gasteiger partial charge < -0.3 is 5.32 Å². The fourth-order valence-electron chi connectivity index (χ4n) is 2.66. The predicted octanol–water partition coefficient (Wildman–Crippen LogP) is 3.63. The van der Waals surface area contributed by atoms with Crippen LogP contribution < -0.4 is 10.0 Å². The number of benzene rings is 2. The van der Waals surface area contributed by atoms with E-state index in [4.69, 9.17) is 0 Å². The van der Waals surface area contributed by atoms with Crippen molar-refractivity contribution < 1.29 is 22.0 Å². The first-order valence-corrected chi connectivity index (χ1v) is 10.4. The first-order chi connectivity index (χ1) is 13.1. The summed E-state index contributed by atoms with van der Waals surface area (Å²) in [5, 5.41) is 2.57. The van der Waals surface area contributed by atoms with E-state index in [2.05, 4.69) is 10.0 Å². The van der Waals surface area contributed by atoms with Gasteiger partial charge in [0.15, 0.2) is 0 Å². The average Bonchev–Trinajstić information content (AvgIpc) is 2.61. The highest BCUT2D eigenvalue weighted by Crippen LogP contribution is 2.18. The van der Waals surface area contributed by atoms with E-state index < -0.39 is 33.6 Å². The zero-order chi connectivity index (χ0) is 20.9. The van der Waals surface area contributed by atoms with Gasteiger partial charge in [-0.3, -0.25) is 4.79 Å². The van der Waals surface area contributed by atoms with Crippen molar-refractivity contribution >= 4 is 15.9 Å². The summed E-state index contributed by atoms with van der Waals surface area (Å²) in [6.45, 7) is 5.49. The van der Waals surface area contributed by atoms with Crippen molar-refractivity contribution in [1.82, 2.24) is 10.0 Å². The molecule has 2 aromatic rings. The molecule has 2 N–H and O–H groups in total. The molecule has 0 radical (unpaired) electrons. The van der Waals surface area contributed by atoms with Gasteiger partial charge in [0.25, 0.3) is 0 Å². The van der Waals surface area contributed by atoms with Crippen LogP contribution in [0.1, 0.15) is 50.3 Å². The van der Waals surface area contributed by atoms with Crippen LogP contribution in [-0.4, -0.2) is 20.9 Å². The first-order valence-electron chi connectivity index (χ1n) is 8.94. The predicted molar refractivity (Wildman–Crippen MR) is 103 cm³/mol. The highest BCUT2D eigenvalue weighted by molar-refractivity contribution is 7.89. The third kappa shape index (κ3) is 5.84. The molecule has 0 aromatic heterocycles. The van der Waals surface area contributed by atoms with E-state index in [9.17, 15) is 22.0 Å². The number of rotatable bonds is 8. The van der Waals surface area contributed by atoms with Gasteiger partial charge >= 0.3 is 0 Å². The van der Waals surface area contributed by atoms with E-state index in [1.807, 2.05) is 13.8 Å². The van der Waals surface area contributed by atoms with Gasteiger partial charge in [-0.15, -0.1) is 0 Å². The molecule has 0 heterocycles. The van der Waals surface area contributed by atoms with Crippen molar-refractivity contribution in [1.29, 1.82) is 0 Å². The van der Waals surface area contributed by atoms with Gasteiger partial charge in [0, 0.05) is 24.6 Å². The second kappa shape index (κ2) is 9.25. The molecule has 0 aliphatic heterocycles. The lowest BCUT2D eigenvalue weighted by atomic mass is 10.0. The lowest BCUT2D eigenvalue weighted by Crippen LogP contribution is -2.32. The lowest BCUT2D eigenvalue weighted by Gasteiger charge is -2.15. The monoisotopic (exact) mass is 410 g/mol. The summed E-state index contributed by atoms with van der Waals surface area (Å²) in [5.74, 6) is -1.61. The van der Waals surface area contributed by atoms with E-state index in [0.717, 1.165) is 17.7 Å². The fraction of sp³-hybridized carbons (Fsp3) is 0.350. The molecule has 1 amide bonds. The minimum Gasteiger partial charge on any atom is -0.349 e. The molecular weight excluding hydrogens is 386 g/mol. The Hall–Kier alpha value is -2.32. The summed E-state index contributed by atoms with van der Waals surface area (Å²) in [6.07, 6.45) is -0.115. The molecule has 2 aromatic carbocycles. The third-order valence-electron chi connectivity index (χ3n) is 4.31. The molecule has 1 atom stereocenters. The first kappa shape index (κ1) is 22.0. The quantitative estimate of drug-likeness (QED) is 0.698. The molecule has 0 saturated heterocycles. The molecule has 2 rings (SSSR count). The molecule has 8 heteroatoms. The van der Waals surface area contributed by atoms with Crippen LogP contribution in [0.4, 0.5) is 8.78 Å². The maximum Gasteiger partial charge on any atom is 0.240 e.